The molecular formula is C20H25N3O4S. The number of carbonyl (C=O) groups excluding carboxylic acids is 1. The molecule has 0 spiro atoms. The van der Waals surface area contributed by atoms with Gasteiger partial charge in [0.2, 0.25) is 10.0 Å². The lowest BCUT2D eigenvalue weighted by Crippen LogP contribution is -2.39. The van der Waals surface area contributed by atoms with Crippen LogP contribution < -0.4 is 14.5 Å². The molecule has 2 aromatic carbocycles. The van der Waals surface area contributed by atoms with Crippen molar-refractivity contribution in [2.75, 3.05) is 24.2 Å². The van der Waals surface area contributed by atoms with Crippen LogP contribution in [0.25, 0.3) is 0 Å². The standard InChI is InChI=1S/C20H25N3O4S/c1-14-9-10-17(16(3)15(14)2)12-21-22-20(24)13-23(28(5,25)26)18-7-6-8-19(11-18)27-4/h6-12H,13H2,1-5H3,(H,22,24)/b21-12-. The van der Waals surface area contributed by atoms with Crippen LogP contribution in [0.5, 0.6) is 5.75 Å². The molecular weight excluding hydrogens is 378 g/mol. The predicted molar refractivity (Wildman–Crippen MR) is 112 cm³/mol. The largest absolute Gasteiger partial charge is 0.497 e. The van der Waals surface area contributed by atoms with Gasteiger partial charge >= 0.3 is 0 Å². The van der Waals surface area contributed by atoms with Crippen molar-refractivity contribution in [1.82, 2.24) is 5.43 Å². The minimum Gasteiger partial charge on any atom is -0.497 e. The second kappa shape index (κ2) is 8.88. The van der Waals surface area contributed by atoms with Crippen molar-refractivity contribution in [3.8, 4) is 5.75 Å². The molecule has 2 aromatic rings. The summed E-state index contributed by atoms with van der Waals surface area (Å²) in [4.78, 5) is 12.3. The summed E-state index contributed by atoms with van der Waals surface area (Å²) in [6.07, 6.45) is 2.59. The van der Waals surface area contributed by atoms with Crippen LogP contribution in [0.2, 0.25) is 0 Å². The molecule has 0 atom stereocenters. The van der Waals surface area contributed by atoms with Gasteiger partial charge < -0.3 is 4.74 Å². The average molecular weight is 404 g/mol. The second-order valence-corrected chi connectivity index (χ2v) is 8.39. The lowest BCUT2D eigenvalue weighted by molar-refractivity contribution is -0.119. The van der Waals surface area contributed by atoms with Crippen LogP contribution in [0.1, 0.15) is 22.3 Å². The Kier molecular flexibility index (Phi) is 6.80. The lowest BCUT2D eigenvalue weighted by Gasteiger charge is -2.21. The third-order valence-corrected chi connectivity index (χ3v) is 5.66. The Hall–Kier alpha value is -2.87. The zero-order valence-electron chi connectivity index (χ0n) is 16.7. The van der Waals surface area contributed by atoms with Gasteiger partial charge in [-0.3, -0.25) is 9.10 Å². The van der Waals surface area contributed by atoms with Gasteiger partial charge in [0.1, 0.15) is 12.3 Å². The summed E-state index contributed by atoms with van der Waals surface area (Å²) in [5, 5.41) is 3.96. The minimum atomic E-state index is -3.67. The third kappa shape index (κ3) is 5.32. The first kappa shape index (κ1) is 21.4. The summed E-state index contributed by atoms with van der Waals surface area (Å²) in [6, 6.07) is 10.4. The molecule has 0 heterocycles. The number of sulfonamides is 1. The molecule has 0 aliphatic rings. The molecule has 1 amide bonds. The molecule has 0 radical (unpaired) electrons. The van der Waals surface area contributed by atoms with Crippen LogP contribution in [0.4, 0.5) is 5.69 Å². The van der Waals surface area contributed by atoms with E-state index in [0.29, 0.717) is 11.4 Å². The van der Waals surface area contributed by atoms with Crippen LogP contribution in [0.3, 0.4) is 0 Å². The zero-order chi connectivity index (χ0) is 20.9. The second-order valence-electron chi connectivity index (χ2n) is 6.49. The van der Waals surface area contributed by atoms with E-state index in [-0.39, 0.29) is 0 Å². The number of methoxy groups -OCH3 is 1. The van der Waals surface area contributed by atoms with Crippen LogP contribution >= 0.6 is 0 Å². The molecule has 0 saturated heterocycles. The van der Waals surface area contributed by atoms with Crippen molar-refractivity contribution in [2.24, 2.45) is 5.10 Å². The van der Waals surface area contributed by atoms with Gasteiger partial charge in [0.05, 0.1) is 25.3 Å². The van der Waals surface area contributed by atoms with Crippen LogP contribution in [-0.4, -0.2) is 40.4 Å². The number of hydrogen-bond donors (Lipinski definition) is 1. The summed E-state index contributed by atoms with van der Waals surface area (Å²) >= 11 is 0. The van der Waals surface area contributed by atoms with Crippen LogP contribution in [0.15, 0.2) is 41.5 Å². The van der Waals surface area contributed by atoms with Gasteiger partial charge in [-0.05, 0) is 55.2 Å². The molecule has 2 rings (SSSR count). The first-order valence-corrected chi connectivity index (χ1v) is 10.5. The van der Waals surface area contributed by atoms with Gasteiger partial charge in [-0.25, -0.2) is 13.8 Å². The van der Waals surface area contributed by atoms with E-state index in [0.717, 1.165) is 27.3 Å². The van der Waals surface area contributed by atoms with Crippen molar-refractivity contribution < 1.29 is 17.9 Å². The topological polar surface area (TPSA) is 88.1 Å². The highest BCUT2D eigenvalue weighted by atomic mass is 32.2. The van der Waals surface area contributed by atoms with E-state index in [1.807, 2.05) is 32.9 Å². The van der Waals surface area contributed by atoms with Crippen molar-refractivity contribution in [1.29, 1.82) is 0 Å². The molecule has 0 aromatic heterocycles. The highest BCUT2D eigenvalue weighted by Crippen LogP contribution is 2.22. The first-order valence-electron chi connectivity index (χ1n) is 8.64. The number of aryl methyl sites for hydroxylation is 1. The molecule has 0 fully saturated rings. The summed E-state index contributed by atoms with van der Waals surface area (Å²) in [5.41, 5.74) is 7.03. The van der Waals surface area contributed by atoms with E-state index in [2.05, 4.69) is 10.5 Å². The van der Waals surface area contributed by atoms with Gasteiger partial charge in [-0.2, -0.15) is 5.10 Å². The third-order valence-electron chi connectivity index (χ3n) is 4.52. The van der Waals surface area contributed by atoms with E-state index in [4.69, 9.17) is 4.74 Å². The molecule has 28 heavy (non-hydrogen) atoms. The Balaban J connectivity index is 2.13. The molecule has 0 aliphatic heterocycles. The van der Waals surface area contributed by atoms with E-state index in [9.17, 15) is 13.2 Å². The molecule has 150 valence electrons. The summed E-state index contributed by atoms with van der Waals surface area (Å²) < 4.78 is 30.4. The Labute approximate surface area is 166 Å². The van der Waals surface area contributed by atoms with Crippen LogP contribution in [-0.2, 0) is 14.8 Å². The van der Waals surface area contributed by atoms with E-state index >= 15 is 0 Å². The summed E-state index contributed by atoms with van der Waals surface area (Å²) in [6.45, 7) is 5.65. The van der Waals surface area contributed by atoms with Gasteiger partial charge in [-0.1, -0.05) is 18.2 Å². The lowest BCUT2D eigenvalue weighted by atomic mass is 10.00. The summed E-state index contributed by atoms with van der Waals surface area (Å²) in [5.74, 6) is -0.0548. The van der Waals surface area contributed by atoms with E-state index < -0.39 is 22.5 Å². The van der Waals surface area contributed by atoms with Gasteiger partial charge in [0.25, 0.3) is 5.91 Å². The maximum Gasteiger partial charge on any atom is 0.260 e. The summed E-state index contributed by atoms with van der Waals surface area (Å²) in [7, 11) is -2.18. The molecule has 0 unspecified atom stereocenters. The number of amides is 1. The highest BCUT2D eigenvalue weighted by Gasteiger charge is 2.21. The minimum absolute atomic E-state index is 0.339. The van der Waals surface area contributed by atoms with Crippen molar-refractivity contribution in [3.63, 3.8) is 0 Å². The number of anilines is 1. The van der Waals surface area contributed by atoms with Gasteiger partial charge in [0.15, 0.2) is 0 Å². The SMILES string of the molecule is COc1cccc(N(CC(=O)N/N=C\c2ccc(C)c(C)c2C)S(C)(=O)=O)c1. The number of hydrogen-bond acceptors (Lipinski definition) is 5. The maximum atomic E-state index is 12.3. The fourth-order valence-electron chi connectivity index (χ4n) is 2.62. The molecule has 0 aliphatic carbocycles. The monoisotopic (exact) mass is 403 g/mol. The Bertz CT molecular complexity index is 1000. The fraction of sp³-hybridized carbons (Fsp3) is 0.300. The van der Waals surface area contributed by atoms with Crippen molar-refractivity contribution >= 4 is 27.8 Å². The van der Waals surface area contributed by atoms with Crippen molar-refractivity contribution in [2.45, 2.75) is 20.8 Å². The fourth-order valence-corrected chi connectivity index (χ4v) is 3.47. The molecule has 0 bridgehead atoms. The highest BCUT2D eigenvalue weighted by molar-refractivity contribution is 7.92. The number of rotatable bonds is 7. The number of carbonyl (C=O) groups is 1. The Morgan fingerprint density at radius 2 is 1.89 bits per heavy atom. The number of benzene rings is 2. The van der Waals surface area contributed by atoms with Crippen molar-refractivity contribution in [3.05, 3.63) is 58.7 Å². The Morgan fingerprint density at radius 3 is 2.54 bits per heavy atom. The van der Waals surface area contributed by atoms with E-state index in [1.165, 1.54) is 12.7 Å². The number of nitrogens with zero attached hydrogens (tertiary/aromatic N) is 2. The number of hydrazone groups is 1. The normalized spacial score (nSPS) is 11.5. The van der Waals surface area contributed by atoms with Crippen LogP contribution in [0, 0.1) is 20.8 Å². The molecule has 8 heteroatoms. The molecule has 0 saturated carbocycles. The number of nitrogens with one attached hydrogen (secondary N) is 1. The average Bonchev–Trinajstić information content (AvgIpc) is 2.65. The van der Waals surface area contributed by atoms with E-state index in [1.54, 1.807) is 30.5 Å². The van der Waals surface area contributed by atoms with Gasteiger partial charge in [0, 0.05) is 6.07 Å². The van der Waals surface area contributed by atoms with Gasteiger partial charge in [-0.15, -0.1) is 0 Å². The molecule has 7 nitrogen and oxygen atoms in total. The quantitative estimate of drug-likeness (QED) is 0.568. The smallest absolute Gasteiger partial charge is 0.260 e. The Morgan fingerprint density at radius 1 is 1.18 bits per heavy atom. The molecule has 1 N–H and O–H groups in total. The number of ether oxygens (including phenoxy) is 1. The first-order chi connectivity index (χ1) is 13.1. The predicted octanol–water partition coefficient (Wildman–Crippen LogP) is 2.54. The maximum absolute atomic E-state index is 12.3. The zero-order valence-corrected chi connectivity index (χ0v) is 17.5.